The van der Waals surface area contributed by atoms with Crippen LogP contribution in [0.1, 0.15) is 37.6 Å². The molecule has 1 atom stereocenters. The lowest BCUT2D eigenvalue weighted by molar-refractivity contribution is 0.322. The summed E-state index contributed by atoms with van der Waals surface area (Å²) in [5.41, 5.74) is 7.04. The number of nitrogen functional groups attached to an aromatic ring is 1. The summed E-state index contributed by atoms with van der Waals surface area (Å²) in [7, 11) is 0. The monoisotopic (exact) mass is 308 g/mol. The van der Waals surface area contributed by atoms with Crippen molar-refractivity contribution in [1.29, 1.82) is 0 Å². The summed E-state index contributed by atoms with van der Waals surface area (Å²) in [6, 6.07) is 7.26. The molecular weight excluding hydrogens is 287 g/mol. The highest BCUT2D eigenvalue weighted by Gasteiger charge is 2.15. The second-order valence-corrected chi connectivity index (χ2v) is 5.78. The Labute approximate surface area is 128 Å². The summed E-state index contributed by atoms with van der Waals surface area (Å²) in [5.74, 6) is -0.196. The van der Waals surface area contributed by atoms with E-state index in [1.54, 1.807) is 17.4 Å². The van der Waals surface area contributed by atoms with Crippen LogP contribution < -0.4 is 15.8 Å². The van der Waals surface area contributed by atoms with Crippen LogP contribution in [0.3, 0.4) is 0 Å². The molecule has 1 aromatic heterocycles. The molecule has 0 saturated carbocycles. The number of hydrogen-bond donors (Lipinski definition) is 2. The Hall–Kier alpha value is -1.75. The zero-order valence-corrected chi connectivity index (χ0v) is 13.2. The Balaban J connectivity index is 2.25. The smallest absolute Gasteiger partial charge is 0.167 e. The molecule has 5 heteroatoms. The third-order valence-corrected chi connectivity index (χ3v) is 4.18. The molecule has 0 aliphatic rings. The Morgan fingerprint density at radius 2 is 2.19 bits per heavy atom. The lowest BCUT2D eigenvalue weighted by Gasteiger charge is -2.20. The Morgan fingerprint density at radius 3 is 2.81 bits per heavy atom. The summed E-state index contributed by atoms with van der Waals surface area (Å²) in [6.45, 7) is 4.39. The first-order valence-electron chi connectivity index (χ1n) is 7.17. The maximum absolute atomic E-state index is 13.7. The van der Waals surface area contributed by atoms with E-state index in [2.05, 4.69) is 23.7 Å². The second kappa shape index (κ2) is 7.31. The van der Waals surface area contributed by atoms with Gasteiger partial charge in [-0.1, -0.05) is 19.4 Å². The number of nitrogens with one attached hydrogen (secondary N) is 1. The minimum atomic E-state index is -0.428. The number of rotatable bonds is 7. The average Bonchev–Trinajstić information content (AvgIpc) is 2.97. The van der Waals surface area contributed by atoms with Crippen LogP contribution in [0.5, 0.6) is 5.75 Å². The van der Waals surface area contributed by atoms with Crippen LogP contribution in [-0.2, 0) is 0 Å². The number of nitrogens with two attached hydrogens (primary N) is 1. The first kappa shape index (κ1) is 15.6. The van der Waals surface area contributed by atoms with Gasteiger partial charge in [0.05, 0.1) is 24.0 Å². The quantitative estimate of drug-likeness (QED) is 0.721. The highest BCUT2D eigenvalue weighted by atomic mass is 32.1. The van der Waals surface area contributed by atoms with Crippen molar-refractivity contribution >= 4 is 22.7 Å². The van der Waals surface area contributed by atoms with Crippen LogP contribution in [0, 0.1) is 5.82 Å². The van der Waals surface area contributed by atoms with Gasteiger partial charge in [0.15, 0.2) is 11.6 Å². The van der Waals surface area contributed by atoms with E-state index in [-0.39, 0.29) is 11.8 Å². The Kier molecular flexibility index (Phi) is 5.44. The van der Waals surface area contributed by atoms with Gasteiger partial charge in [-0.15, -0.1) is 11.3 Å². The highest BCUT2D eigenvalue weighted by Crippen LogP contribution is 2.33. The predicted molar refractivity (Wildman–Crippen MR) is 87.6 cm³/mol. The van der Waals surface area contributed by atoms with Gasteiger partial charge in [0, 0.05) is 17.0 Å². The lowest BCUT2D eigenvalue weighted by Crippen LogP contribution is -2.11. The average molecular weight is 308 g/mol. The van der Waals surface area contributed by atoms with Gasteiger partial charge < -0.3 is 15.8 Å². The largest absolute Gasteiger partial charge is 0.491 e. The van der Waals surface area contributed by atoms with Gasteiger partial charge in [0.1, 0.15) is 0 Å². The van der Waals surface area contributed by atoms with E-state index in [1.165, 1.54) is 10.9 Å². The van der Waals surface area contributed by atoms with Gasteiger partial charge >= 0.3 is 0 Å². The zero-order valence-electron chi connectivity index (χ0n) is 12.4. The van der Waals surface area contributed by atoms with Crippen molar-refractivity contribution in [2.24, 2.45) is 0 Å². The SMILES string of the molecule is CCCC(Nc1cc(OCC)c(F)cc1N)c1cccs1. The predicted octanol–water partition coefficient (Wildman–Crippen LogP) is 4.82. The van der Waals surface area contributed by atoms with E-state index in [4.69, 9.17) is 10.5 Å². The molecular formula is C16H21FN2OS. The maximum Gasteiger partial charge on any atom is 0.167 e. The molecule has 2 aromatic rings. The number of halogens is 1. The minimum absolute atomic E-state index is 0.178. The molecule has 0 bridgehead atoms. The van der Waals surface area contributed by atoms with Crippen LogP contribution in [0.4, 0.5) is 15.8 Å². The molecule has 1 aromatic carbocycles. The molecule has 1 unspecified atom stereocenters. The molecule has 0 aliphatic carbocycles. The highest BCUT2D eigenvalue weighted by molar-refractivity contribution is 7.10. The first-order chi connectivity index (χ1) is 10.2. The second-order valence-electron chi connectivity index (χ2n) is 4.80. The van der Waals surface area contributed by atoms with Crippen LogP contribution in [0.25, 0.3) is 0 Å². The van der Waals surface area contributed by atoms with Crippen LogP contribution in [-0.4, -0.2) is 6.61 Å². The standard InChI is InChI=1S/C16H21FN2OS/c1-3-6-13(16-7-5-8-21-16)19-14-10-15(20-4-2)11(17)9-12(14)18/h5,7-10,13,19H,3-4,6,18H2,1-2H3. The Bertz CT molecular complexity index is 572. The van der Waals surface area contributed by atoms with E-state index < -0.39 is 5.82 Å². The molecule has 0 saturated heterocycles. The third kappa shape index (κ3) is 3.88. The molecule has 0 aliphatic heterocycles. The van der Waals surface area contributed by atoms with Gasteiger partial charge in [0.2, 0.25) is 0 Å². The third-order valence-electron chi connectivity index (χ3n) is 3.20. The number of thiophene rings is 1. The Morgan fingerprint density at radius 1 is 1.38 bits per heavy atom. The van der Waals surface area contributed by atoms with Crippen molar-refractivity contribution in [2.75, 3.05) is 17.7 Å². The van der Waals surface area contributed by atoms with Crippen LogP contribution in [0.2, 0.25) is 0 Å². The van der Waals surface area contributed by atoms with E-state index >= 15 is 0 Å². The maximum atomic E-state index is 13.7. The summed E-state index contributed by atoms with van der Waals surface area (Å²) in [4.78, 5) is 1.25. The molecule has 114 valence electrons. The van der Waals surface area contributed by atoms with Crippen LogP contribution >= 0.6 is 11.3 Å². The van der Waals surface area contributed by atoms with E-state index in [0.717, 1.165) is 12.8 Å². The zero-order chi connectivity index (χ0) is 15.2. The molecule has 0 amide bonds. The lowest BCUT2D eigenvalue weighted by atomic mass is 10.1. The molecule has 3 nitrogen and oxygen atoms in total. The fourth-order valence-electron chi connectivity index (χ4n) is 2.21. The summed E-state index contributed by atoms with van der Waals surface area (Å²) in [6.07, 6.45) is 2.04. The van der Waals surface area contributed by atoms with Crippen molar-refractivity contribution in [3.05, 3.63) is 40.3 Å². The summed E-state index contributed by atoms with van der Waals surface area (Å²) >= 11 is 1.71. The van der Waals surface area contributed by atoms with Gasteiger partial charge in [-0.25, -0.2) is 4.39 Å². The molecule has 3 N–H and O–H groups in total. The normalized spacial score (nSPS) is 12.1. The van der Waals surface area contributed by atoms with E-state index in [0.29, 0.717) is 18.0 Å². The molecule has 0 spiro atoms. The fraction of sp³-hybridized carbons (Fsp3) is 0.375. The topological polar surface area (TPSA) is 47.3 Å². The minimum Gasteiger partial charge on any atom is -0.491 e. The number of ether oxygens (including phenoxy) is 1. The first-order valence-corrected chi connectivity index (χ1v) is 8.05. The van der Waals surface area contributed by atoms with E-state index in [1.807, 2.05) is 13.0 Å². The van der Waals surface area contributed by atoms with Crippen molar-refractivity contribution in [1.82, 2.24) is 0 Å². The van der Waals surface area contributed by atoms with Crippen molar-refractivity contribution < 1.29 is 9.13 Å². The van der Waals surface area contributed by atoms with Gasteiger partial charge in [0.25, 0.3) is 0 Å². The summed E-state index contributed by atoms with van der Waals surface area (Å²) < 4.78 is 19.0. The molecule has 1 heterocycles. The van der Waals surface area contributed by atoms with Crippen LogP contribution in [0.15, 0.2) is 29.6 Å². The van der Waals surface area contributed by atoms with Gasteiger partial charge in [-0.2, -0.15) is 0 Å². The molecule has 21 heavy (non-hydrogen) atoms. The molecule has 0 radical (unpaired) electrons. The van der Waals surface area contributed by atoms with Crippen molar-refractivity contribution in [3.8, 4) is 5.75 Å². The molecule has 2 rings (SSSR count). The fourth-order valence-corrected chi connectivity index (χ4v) is 3.02. The summed E-state index contributed by atoms with van der Waals surface area (Å²) in [5, 5.41) is 5.47. The van der Waals surface area contributed by atoms with Crippen molar-refractivity contribution in [3.63, 3.8) is 0 Å². The number of hydrogen-bond acceptors (Lipinski definition) is 4. The number of anilines is 2. The van der Waals surface area contributed by atoms with Gasteiger partial charge in [-0.05, 0) is 24.8 Å². The van der Waals surface area contributed by atoms with Crippen molar-refractivity contribution in [2.45, 2.75) is 32.7 Å². The van der Waals surface area contributed by atoms with E-state index in [9.17, 15) is 4.39 Å². The number of benzene rings is 1. The molecule has 0 fully saturated rings. The van der Waals surface area contributed by atoms with Gasteiger partial charge in [-0.3, -0.25) is 0 Å².